The number of aliphatic carboxylic acids is 1. The standard InChI is InChI=1S/C18H34N6O7/c1-9(2)14(21)17(29)24-12(8-25)16(28)22-10(5-3-4-6-19)15(27)23-11(18(30)31)7-13(20)26/h9-12,14,25H,3-8,19,21H2,1-2H3,(H2,20,26)(H,22,28)(H,23,27)(H,24,29)(H,30,31). The molecule has 0 aromatic rings. The van der Waals surface area contributed by atoms with E-state index in [1.807, 2.05) is 0 Å². The number of nitrogens with two attached hydrogens (primary N) is 3. The highest BCUT2D eigenvalue weighted by Gasteiger charge is 2.30. The van der Waals surface area contributed by atoms with E-state index in [-0.39, 0.29) is 12.3 Å². The lowest BCUT2D eigenvalue weighted by Gasteiger charge is -2.24. The second-order valence-electron chi connectivity index (χ2n) is 7.43. The van der Waals surface area contributed by atoms with Gasteiger partial charge in [0.2, 0.25) is 23.6 Å². The van der Waals surface area contributed by atoms with Gasteiger partial charge in [0.1, 0.15) is 18.1 Å². The number of hydrogen-bond acceptors (Lipinski definition) is 8. The molecule has 0 aliphatic heterocycles. The molecule has 11 N–H and O–H groups in total. The van der Waals surface area contributed by atoms with Crippen LogP contribution < -0.4 is 33.2 Å². The lowest BCUT2D eigenvalue weighted by Crippen LogP contribution is -2.58. The van der Waals surface area contributed by atoms with Crippen molar-refractivity contribution < 1.29 is 34.2 Å². The summed E-state index contributed by atoms with van der Waals surface area (Å²) in [5.41, 5.74) is 16.2. The summed E-state index contributed by atoms with van der Waals surface area (Å²) in [5, 5.41) is 25.5. The Hall–Kier alpha value is -2.77. The number of rotatable bonds is 15. The summed E-state index contributed by atoms with van der Waals surface area (Å²) in [6.07, 6.45) is 0.436. The Morgan fingerprint density at radius 1 is 0.871 bits per heavy atom. The molecule has 31 heavy (non-hydrogen) atoms. The fourth-order valence-corrected chi connectivity index (χ4v) is 2.47. The first-order valence-electron chi connectivity index (χ1n) is 9.93. The van der Waals surface area contributed by atoms with E-state index < -0.39 is 66.8 Å². The highest BCUT2D eigenvalue weighted by Crippen LogP contribution is 2.04. The normalized spacial score (nSPS) is 14.8. The van der Waals surface area contributed by atoms with Crippen LogP contribution in [-0.2, 0) is 24.0 Å². The molecule has 178 valence electrons. The first-order chi connectivity index (χ1) is 14.4. The van der Waals surface area contributed by atoms with E-state index in [0.717, 1.165) is 0 Å². The van der Waals surface area contributed by atoms with Gasteiger partial charge < -0.3 is 43.4 Å². The van der Waals surface area contributed by atoms with Crippen molar-refractivity contribution in [2.45, 2.75) is 63.7 Å². The van der Waals surface area contributed by atoms with Crippen LogP contribution in [0.15, 0.2) is 0 Å². The molecular weight excluding hydrogens is 412 g/mol. The predicted octanol–water partition coefficient (Wildman–Crippen LogP) is -3.49. The van der Waals surface area contributed by atoms with Gasteiger partial charge in [-0.25, -0.2) is 4.79 Å². The Bertz CT molecular complexity index is 643. The molecule has 0 saturated heterocycles. The van der Waals surface area contributed by atoms with E-state index in [4.69, 9.17) is 22.3 Å². The largest absolute Gasteiger partial charge is 0.480 e. The molecular formula is C18H34N6O7. The number of aliphatic hydroxyl groups excluding tert-OH is 1. The van der Waals surface area contributed by atoms with Gasteiger partial charge in [-0.3, -0.25) is 19.2 Å². The van der Waals surface area contributed by atoms with Crippen LogP contribution in [0.4, 0.5) is 0 Å². The molecule has 0 rings (SSSR count). The zero-order valence-electron chi connectivity index (χ0n) is 17.8. The number of primary amides is 1. The van der Waals surface area contributed by atoms with Crippen LogP contribution in [0.5, 0.6) is 0 Å². The van der Waals surface area contributed by atoms with Crippen molar-refractivity contribution in [3.63, 3.8) is 0 Å². The van der Waals surface area contributed by atoms with Crippen LogP contribution >= 0.6 is 0 Å². The minimum absolute atomic E-state index is 0.106. The fourth-order valence-electron chi connectivity index (χ4n) is 2.47. The van der Waals surface area contributed by atoms with Crippen LogP contribution in [0, 0.1) is 5.92 Å². The molecule has 0 spiro atoms. The number of carbonyl (C=O) groups is 5. The molecule has 0 bridgehead atoms. The number of unbranched alkanes of at least 4 members (excludes halogenated alkanes) is 1. The van der Waals surface area contributed by atoms with E-state index >= 15 is 0 Å². The molecule has 4 unspecified atom stereocenters. The van der Waals surface area contributed by atoms with Crippen molar-refractivity contribution in [2.24, 2.45) is 23.1 Å². The van der Waals surface area contributed by atoms with E-state index in [1.54, 1.807) is 13.8 Å². The molecule has 0 aromatic heterocycles. The minimum Gasteiger partial charge on any atom is -0.480 e. The molecule has 0 heterocycles. The summed E-state index contributed by atoms with van der Waals surface area (Å²) in [4.78, 5) is 59.5. The molecule has 4 atom stereocenters. The Labute approximate surface area is 180 Å². The number of carboxylic acid groups (broad SMARTS) is 1. The third-order valence-corrected chi connectivity index (χ3v) is 4.44. The van der Waals surface area contributed by atoms with Crippen molar-refractivity contribution in [2.75, 3.05) is 13.2 Å². The Balaban J connectivity index is 5.31. The maximum Gasteiger partial charge on any atom is 0.326 e. The minimum atomic E-state index is -1.57. The van der Waals surface area contributed by atoms with Crippen molar-refractivity contribution in [3.05, 3.63) is 0 Å². The average Bonchev–Trinajstić information content (AvgIpc) is 2.69. The molecule has 0 radical (unpaired) electrons. The number of aliphatic hydroxyl groups is 1. The summed E-state index contributed by atoms with van der Waals surface area (Å²) >= 11 is 0. The van der Waals surface area contributed by atoms with Gasteiger partial charge in [0, 0.05) is 0 Å². The molecule has 0 aliphatic rings. The van der Waals surface area contributed by atoms with Gasteiger partial charge >= 0.3 is 5.97 Å². The summed E-state index contributed by atoms with van der Waals surface area (Å²) in [6, 6.07) is -5.05. The van der Waals surface area contributed by atoms with Crippen molar-refractivity contribution in [1.29, 1.82) is 0 Å². The van der Waals surface area contributed by atoms with Gasteiger partial charge in [-0.1, -0.05) is 13.8 Å². The van der Waals surface area contributed by atoms with Crippen molar-refractivity contribution in [3.8, 4) is 0 Å². The van der Waals surface area contributed by atoms with Crippen molar-refractivity contribution in [1.82, 2.24) is 16.0 Å². The quantitative estimate of drug-likeness (QED) is 0.116. The number of carboxylic acids is 1. The maximum absolute atomic E-state index is 12.6. The second kappa shape index (κ2) is 14.3. The van der Waals surface area contributed by atoms with E-state index in [2.05, 4.69) is 16.0 Å². The van der Waals surface area contributed by atoms with Crippen LogP contribution in [0.25, 0.3) is 0 Å². The Morgan fingerprint density at radius 2 is 1.39 bits per heavy atom. The zero-order valence-corrected chi connectivity index (χ0v) is 17.8. The maximum atomic E-state index is 12.6. The van der Waals surface area contributed by atoms with Crippen LogP contribution in [-0.4, -0.2) is 77.1 Å². The highest BCUT2D eigenvalue weighted by atomic mass is 16.4. The van der Waals surface area contributed by atoms with E-state index in [9.17, 15) is 29.1 Å². The predicted molar refractivity (Wildman–Crippen MR) is 110 cm³/mol. The summed E-state index contributed by atoms with van der Waals surface area (Å²) in [6.45, 7) is 3.01. The van der Waals surface area contributed by atoms with E-state index in [1.165, 1.54) is 0 Å². The van der Waals surface area contributed by atoms with Gasteiger partial charge in [-0.2, -0.15) is 0 Å². The second-order valence-corrected chi connectivity index (χ2v) is 7.43. The molecule has 4 amide bonds. The Morgan fingerprint density at radius 3 is 1.84 bits per heavy atom. The third-order valence-electron chi connectivity index (χ3n) is 4.44. The molecule has 0 saturated carbocycles. The molecule has 13 nitrogen and oxygen atoms in total. The molecule has 0 aliphatic carbocycles. The first kappa shape index (κ1) is 28.2. The van der Waals surface area contributed by atoms with Crippen LogP contribution in [0.1, 0.15) is 39.5 Å². The monoisotopic (exact) mass is 446 g/mol. The zero-order chi connectivity index (χ0) is 24.1. The highest BCUT2D eigenvalue weighted by molar-refractivity contribution is 5.94. The smallest absolute Gasteiger partial charge is 0.326 e. The number of nitrogens with one attached hydrogen (secondary N) is 3. The number of amides is 4. The van der Waals surface area contributed by atoms with Gasteiger partial charge in [0.15, 0.2) is 0 Å². The Kier molecular flexibility index (Phi) is 13.0. The van der Waals surface area contributed by atoms with E-state index in [0.29, 0.717) is 19.4 Å². The molecule has 13 heteroatoms. The summed E-state index contributed by atoms with van der Waals surface area (Å²) < 4.78 is 0. The third kappa shape index (κ3) is 10.7. The molecule has 0 fully saturated rings. The lowest BCUT2D eigenvalue weighted by atomic mass is 10.0. The first-order valence-corrected chi connectivity index (χ1v) is 9.93. The lowest BCUT2D eigenvalue weighted by molar-refractivity contribution is -0.143. The summed E-state index contributed by atoms with van der Waals surface area (Å²) in [5.74, 6) is -4.98. The van der Waals surface area contributed by atoms with Gasteiger partial charge in [-0.05, 0) is 31.7 Å². The van der Waals surface area contributed by atoms with Gasteiger partial charge in [-0.15, -0.1) is 0 Å². The topological polar surface area (TPSA) is 240 Å². The van der Waals surface area contributed by atoms with Gasteiger partial charge in [0.25, 0.3) is 0 Å². The molecule has 0 aromatic carbocycles. The van der Waals surface area contributed by atoms with Crippen molar-refractivity contribution >= 4 is 29.6 Å². The average molecular weight is 447 g/mol. The number of carbonyl (C=O) groups excluding carboxylic acids is 4. The SMILES string of the molecule is CC(C)C(N)C(=O)NC(CO)C(=O)NC(CCCCN)C(=O)NC(CC(N)=O)C(=O)O. The summed E-state index contributed by atoms with van der Waals surface area (Å²) in [7, 11) is 0. The fraction of sp³-hybridized carbons (Fsp3) is 0.722. The number of hydrogen-bond donors (Lipinski definition) is 8. The van der Waals surface area contributed by atoms with Crippen LogP contribution in [0.2, 0.25) is 0 Å². The van der Waals surface area contributed by atoms with Crippen LogP contribution in [0.3, 0.4) is 0 Å². The van der Waals surface area contributed by atoms with Gasteiger partial charge in [0.05, 0.1) is 19.1 Å².